The lowest BCUT2D eigenvalue weighted by atomic mass is 10.2. The van der Waals surface area contributed by atoms with Gasteiger partial charge in [-0.1, -0.05) is 31.2 Å². The van der Waals surface area contributed by atoms with E-state index in [1.807, 2.05) is 60.7 Å². The molecule has 6 heteroatoms. The highest BCUT2D eigenvalue weighted by atomic mass is 16.5. The lowest BCUT2D eigenvalue weighted by molar-refractivity contribution is 0.217. The molecule has 6 nitrogen and oxygen atoms in total. The highest BCUT2D eigenvalue weighted by Gasteiger charge is 2.15. The normalized spacial score (nSPS) is 11.9. The maximum absolute atomic E-state index is 6.08. The zero-order chi connectivity index (χ0) is 23.8. The number of ether oxygens (including phenoxy) is 3. The summed E-state index contributed by atoms with van der Waals surface area (Å²) in [6.07, 6.45) is 1.96. The van der Waals surface area contributed by atoms with Crippen LogP contribution in [0.5, 0.6) is 17.2 Å². The van der Waals surface area contributed by atoms with E-state index in [1.54, 1.807) is 7.11 Å². The molecule has 0 fully saturated rings. The van der Waals surface area contributed by atoms with Gasteiger partial charge in [0.1, 0.15) is 22.8 Å². The first kappa shape index (κ1) is 23.5. The van der Waals surface area contributed by atoms with Gasteiger partial charge in [0.25, 0.3) is 6.01 Å². The largest absolute Gasteiger partial charge is 0.497 e. The van der Waals surface area contributed by atoms with Gasteiger partial charge in [-0.15, -0.1) is 0 Å². The minimum Gasteiger partial charge on any atom is -0.497 e. The number of hydrogen-bond donors (Lipinski definition) is 0. The van der Waals surface area contributed by atoms with Crippen molar-refractivity contribution in [3.05, 3.63) is 78.4 Å². The van der Waals surface area contributed by atoms with Crippen molar-refractivity contribution in [2.75, 3.05) is 25.2 Å². The van der Waals surface area contributed by atoms with Crippen LogP contribution in [0.1, 0.15) is 32.3 Å². The second-order valence-corrected chi connectivity index (χ2v) is 8.25. The summed E-state index contributed by atoms with van der Waals surface area (Å²) >= 11 is 0. The van der Waals surface area contributed by atoms with E-state index in [-0.39, 0.29) is 6.10 Å². The van der Waals surface area contributed by atoms with E-state index in [4.69, 9.17) is 23.6 Å². The van der Waals surface area contributed by atoms with Crippen LogP contribution in [0.4, 0.5) is 6.01 Å². The molecular formula is C28H32N2O4. The van der Waals surface area contributed by atoms with E-state index in [2.05, 4.69) is 30.9 Å². The Labute approximate surface area is 201 Å². The van der Waals surface area contributed by atoms with Gasteiger partial charge in [0.05, 0.1) is 19.8 Å². The Morgan fingerprint density at radius 1 is 0.941 bits per heavy atom. The highest BCUT2D eigenvalue weighted by Crippen LogP contribution is 2.25. The van der Waals surface area contributed by atoms with Gasteiger partial charge in [0.15, 0.2) is 5.58 Å². The first-order chi connectivity index (χ1) is 16.6. The quantitative estimate of drug-likeness (QED) is 0.225. The van der Waals surface area contributed by atoms with Crippen molar-refractivity contribution < 1.29 is 18.6 Å². The lowest BCUT2D eigenvalue weighted by Gasteiger charge is -2.21. The van der Waals surface area contributed by atoms with E-state index in [0.717, 1.165) is 53.3 Å². The molecule has 1 heterocycles. The van der Waals surface area contributed by atoms with Crippen molar-refractivity contribution >= 4 is 17.1 Å². The van der Waals surface area contributed by atoms with Crippen molar-refractivity contribution in [2.24, 2.45) is 0 Å². The number of rotatable bonds is 12. The van der Waals surface area contributed by atoms with Crippen LogP contribution in [0.2, 0.25) is 0 Å². The predicted octanol–water partition coefficient (Wildman–Crippen LogP) is 6.49. The molecule has 1 aromatic heterocycles. The fourth-order valence-electron chi connectivity index (χ4n) is 3.61. The minimum atomic E-state index is 0.179. The van der Waals surface area contributed by atoms with Crippen molar-refractivity contribution in [3.8, 4) is 17.2 Å². The lowest BCUT2D eigenvalue weighted by Crippen LogP contribution is -2.25. The molecule has 0 radical (unpaired) electrons. The first-order valence-corrected chi connectivity index (χ1v) is 11.8. The molecule has 4 aromatic rings. The average Bonchev–Trinajstić information content (AvgIpc) is 3.30. The third-order valence-corrected chi connectivity index (χ3v) is 5.64. The smallest absolute Gasteiger partial charge is 0.298 e. The summed E-state index contributed by atoms with van der Waals surface area (Å²) in [7, 11) is 1.66. The second kappa shape index (κ2) is 11.5. The number of hydrogen-bond acceptors (Lipinski definition) is 6. The number of benzene rings is 3. The van der Waals surface area contributed by atoms with Gasteiger partial charge in [0, 0.05) is 13.1 Å². The van der Waals surface area contributed by atoms with E-state index in [1.165, 1.54) is 0 Å². The molecule has 0 bridgehead atoms. The molecule has 0 aliphatic heterocycles. The van der Waals surface area contributed by atoms with E-state index >= 15 is 0 Å². The number of nitrogens with zero attached hydrogens (tertiary/aromatic N) is 2. The van der Waals surface area contributed by atoms with Crippen LogP contribution < -0.4 is 19.1 Å². The van der Waals surface area contributed by atoms with Crippen molar-refractivity contribution in [1.29, 1.82) is 0 Å². The van der Waals surface area contributed by atoms with Gasteiger partial charge in [-0.25, -0.2) is 0 Å². The molecule has 4 rings (SSSR count). The molecule has 0 amide bonds. The standard InChI is InChI=1S/C28H32N2O4/c1-4-21(2)33-25-10-7-9-22(19-25)20-30(28-29-26-11-5-6-12-27(26)34-28)17-8-18-32-24-15-13-23(31-3)14-16-24/h5-7,9-16,19,21H,4,8,17-18,20H2,1-3H3/t21-/m0/s1. The summed E-state index contributed by atoms with van der Waals surface area (Å²) in [4.78, 5) is 6.88. The number of para-hydroxylation sites is 2. The Morgan fingerprint density at radius 2 is 1.74 bits per heavy atom. The van der Waals surface area contributed by atoms with Gasteiger partial charge in [-0.05, 0) is 73.9 Å². The molecule has 34 heavy (non-hydrogen) atoms. The van der Waals surface area contributed by atoms with Crippen molar-refractivity contribution in [3.63, 3.8) is 0 Å². The minimum absolute atomic E-state index is 0.179. The van der Waals surface area contributed by atoms with Gasteiger partial charge in [-0.3, -0.25) is 0 Å². The fourth-order valence-corrected chi connectivity index (χ4v) is 3.61. The third kappa shape index (κ3) is 6.22. The van der Waals surface area contributed by atoms with Crippen LogP contribution in [0.3, 0.4) is 0 Å². The Bertz CT molecular complexity index is 1140. The van der Waals surface area contributed by atoms with Gasteiger partial charge >= 0.3 is 0 Å². The average molecular weight is 461 g/mol. The molecule has 0 unspecified atom stereocenters. The van der Waals surface area contributed by atoms with Crippen LogP contribution in [0.25, 0.3) is 11.1 Å². The molecule has 3 aromatic carbocycles. The zero-order valence-electron chi connectivity index (χ0n) is 20.1. The molecule has 1 atom stereocenters. The Hall–Kier alpha value is -3.67. The molecule has 0 saturated heterocycles. The first-order valence-electron chi connectivity index (χ1n) is 11.8. The van der Waals surface area contributed by atoms with Crippen LogP contribution in [-0.4, -0.2) is 31.3 Å². The second-order valence-electron chi connectivity index (χ2n) is 8.25. The maximum atomic E-state index is 6.08. The summed E-state index contributed by atoms with van der Waals surface area (Å²) in [5.41, 5.74) is 2.77. The van der Waals surface area contributed by atoms with E-state index in [0.29, 0.717) is 19.2 Å². The molecule has 0 N–H and O–H groups in total. The van der Waals surface area contributed by atoms with Crippen molar-refractivity contribution in [2.45, 2.75) is 39.3 Å². The number of methoxy groups -OCH3 is 1. The molecule has 0 aliphatic carbocycles. The summed E-state index contributed by atoms with van der Waals surface area (Å²) in [5.74, 6) is 2.52. The predicted molar refractivity (Wildman–Crippen MR) is 135 cm³/mol. The van der Waals surface area contributed by atoms with Crippen LogP contribution in [0.15, 0.2) is 77.2 Å². The molecular weight excluding hydrogens is 428 g/mol. The molecule has 0 saturated carbocycles. The SMILES string of the molecule is CC[C@H](C)Oc1cccc(CN(CCCOc2ccc(OC)cc2)c2nc3ccccc3o2)c1. The fraction of sp³-hybridized carbons (Fsp3) is 0.321. The number of aromatic nitrogens is 1. The third-order valence-electron chi connectivity index (χ3n) is 5.64. The van der Waals surface area contributed by atoms with Gasteiger partial charge in [-0.2, -0.15) is 4.98 Å². The number of anilines is 1. The van der Waals surface area contributed by atoms with E-state index in [9.17, 15) is 0 Å². The molecule has 0 aliphatic rings. The zero-order valence-corrected chi connectivity index (χ0v) is 20.1. The van der Waals surface area contributed by atoms with E-state index < -0.39 is 0 Å². The maximum Gasteiger partial charge on any atom is 0.298 e. The molecule has 0 spiro atoms. The summed E-state index contributed by atoms with van der Waals surface area (Å²) < 4.78 is 23.2. The van der Waals surface area contributed by atoms with Crippen LogP contribution in [0, 0.1) is 0 Å². The van der Waals surface area contributed by atoms with Crippen molar-refractivity contribution in [1.82, 2.24) is 4.98 Å². The summed E-state index contributed by atoms with van der Waals surface area (Å²) in [6, 6.07) is 24.3. The van der Waals surface area contributed by atoms with Gasteiger partial charge < -0.3 is 23.5 Å². The summed E-state index contributed by atoms with van der Waals surface area (Å²) in [6.45, 7) is 6.18. The highest BCUT2D eigenvalue weighted by molar-refractivity contribution is 5.74. The number of fused-ring (bicyclic) bond motifs is 1. The van der Waals surface area contributed by atoms with Gasteiger partial charge in [0.2, 0.25) is 0 Å². The Kier molecular flexibility index (Phi) is 7.91. The monoisotopic (exact) mass is 460 g/mol. The molecule has 178 valence electrons. The Balaban J connectivity index is 1.45. The van der Waals surface area contributed by atoms with Crippen LogP contribution >= 0.6 is 0 Å². The topological polar surface area (TPSA) is 57.0 Å². The number of oxazole rings is 1. The van der Waals surface area contributed by atoms with Crippen LogP contribution in [-0.2, 0) is 6.54 Å². The Morgan fingerprint density at radius 3 is 2.50 bits per heavy atom. The summed E-state index contributed by atoms with van der Waals surface area (Å²) in [5, 5.41) is 0.